The molecule has 0 unspecified atom stereocenters. The summed E-state index contributed by atoms with van der Waals surface area (Å²) < 4.78 is 0. The number of hydrogen-bond acceptors (Lipinski definition) is 5. The lowest BCUT2D eigenvalue weighted by atomic mass is 10.2. The maximum absolute atomic E-state index is 5.75. The maximum Gasteiger partial charge on any atom is 0.184 e. The van der Waals surface area contributed by atoms with Gasteiger partial charge in [-0.3, -0.25) is 0 Å². The third-order valence-corrected chi connectivity index (χ3v) is 3.15. The van der Waals surface area contributed by atoms with Gasteiger partial charge in [-0.2, -0.15) is 4.80 Å². The van der Waals surface area contributed by atoms with E-state index >= 15 is 0 Å². The zero-order chi connectivity index (χ0) is 11.5. The molecule has 0 atom stereocenters. The second kappa shape index (κ2) is 4.52. The first kappa shape index (κ1) is 10.9. The van der Waals surface area contributed by atoms with Gasteiger partial charge in [0.25, 0.3) is 0 Å². The minimum atomic E-state index is 0.719. The molecule has 84 valence electrons. The lowest BCUT2D eigenvalue weighted by Crippen LogP contribution is -1.92. The van der Waals surface area contributed by atoms with Crippen LogP contribution in [0.2, 0.25) is 0 Å². The standard InChI is InChI=1S/C10H13N5S/c1-7-5-8(3-4-9(7)11)16-6-10-12-14-15(2)13-10/h3-5H,6,11H2,1-2H3. The molecule has 1 aromatic carbocycles. The van der Waals surface area contributed by atoms with E-state index in [1.165, 1.54) is 9.69 Å². The van der Waals surface area contributed by atoms with Gasteiger partial charge in [-0.25, -0.2) is 0 Å². The largest absolute Gasteiger partial charge is 0.399 e. The molecule has 0 spiro atoms. The number of nitrogen functional groups attached to an aromatic ring is 1. The van der Waals surface area contributed by atoms with Gasteiger partial charge >= 0.3 is 0 Å². The van der Waals surface area contributed by atoms with Crippen molar-refractivity contribution in [1.82, 2.24) is 20.2 Å². The van der Waals surface area contributed by atoms with E-state index in [0.717, 1.165) is 22.8 Å². The van der Waals surface area contributed by atoms with Gasteiger partial charge in [0.15, 0.2) is 5.82 Å². The molecule has 16 heavy (non-hydrogen) atoms. The molecule has 0 bridgehead atoms. The van der Waals surface area contributed by atoms with Crippen LogP contribution in [0.15, 0.2) is 23.1 Å². The highest BCUT2D eigenvalue weighted by molar-refractivity contribution is 7.98. The van der Waals surface area contributed by atoms with Crippen molar-refractivity contribution in [2.45, 2.75) is 17.6 Å². The monoisotopic (exact) mass is 235 g/mol. The molecule has 0 fully saturated rings. The fourth-order valence-corrected chi connectivity index (χ4v) is 2.10. The molecule has 0 saturated carbocycles. The average molecular weight is 235 g/mol. The Labute approximate surface area is 98.0 Å². The van der Waals surface area contributed by atoms with Crippen LogP contribution in [0.3, 0.4) is 0 Å². The fourth-order valence-electron chi connectivity index (χ4n) is 1.27. The minimum Gasteiger partial charge on any atom is -0.399 e. The summed E-state index contributed by atoms with van der Waals surface area (Å²) in [7, 11) is 1.76. The van der Waals surface area contributed by atoms with Gasteiger partial charge in [0.05, 0.1) is 12.8 Å². The topological polar surface area (TPSA) is 69.6 Å². The van der Waals surface area contributed by atoms with Crippen LogP contribution >= 0.6 is 11.8 Å². The molecule has 1 heterocycles. The SMILES string of the molecule is Cc1cc(SCc2nnn(C)n2)ccc1N. The van der Waals surface area contributed by atoms with Crippen molar-refractivity contribution in [3.63, 3.8) is 0 Å². The summed E-state index contributed by atoms with van der Waals surface area (Å²) in [6.45, 7) is 2.00. The Balaban J connectivity index is 2.02. The number of nitrogens with zero attached hydrogens (tertiary/aromatic N) is 4. The highest BCUT2D eigenvalue weighted by Gasteiger charge is 2.02. The summed E-state index contributed by atoms with van der Waals surface area (Å²) in [5.41, 5.74) is 7.67. The summed E-state index contributed by atoms with van der Waals surface area (Å²) in [5, 5.41) is 11.8. The van der Waals surface area contributed by atoms with Gasteiger partial charge < -0.3 is 5.73 Å². The van der Waals surface area contributed by atoms with Crippen molar-refractivity contribution in [3.8, 4) is 0 Å². The molecule has 2 N–H and O–H groups in total. The Morgan fingerprint density at radius 1 is 1.44 bits per heavy atom. The zero-order valence-corrected chi connectivity index (χ0v) is 10.0. The third-order valence-electron chi connectivity index (χ3n) is 2.16. The molecule has 0 saturated heterocycles. The molecule has 2 aromatic rings. The van der Waals surface area contributed by atoms with E-state index in [9.17, 15) is 0 Å². The number of benzene rings is 1. The molecular formula is C10H13N5S. The first-order valence-electron chi connectivity index (χ1n) is 4.87. The number of aryl methyl sites for hydroxylation is 2. The number of anilines is 1. The van der Waals surface area contributed by atoms with Crippen molar-refractivity contribution in [2.75, 3.05) is 5.73 Å². The molecular weight excluding hydrogens is 222 g/mol. The number of rotatable bonds is 3. The molecule has 5 nitrogen and oxygen atoms in total. The molecule has 0 aliphatic rings. The van der Waals surface area contributed by atoms with E-state index in [1.54, 1.807) is 18.8 Å². The van der Waals surface area contributed by atoms with Crippen LogP contribution in [0.25, 0.3) is 0 Å². The van der Waals surface area contributed by atoms with Crippen molar-refractivity contribution < 1.29 is 0 Å². The lowest BCUT2D eigenvalue weighted by molar-refractivity contribution is 0.628. The van der Waals surface area contributed by atoms with E-state index < -0.39 is 0 Å². The smallest absolute Gasteiger partial charge is 0.184 e. The maximum atomic E-state index is 5.75. The fraction of sp³-hybridized carbons (Fsp3) is 0.300. The van der Waals surface area contributed by atoms with E-state index in [4.69, 9.17) is 5.73 Å². The second-order valence-electron chi connectivity index (χ2n) is 3.50. The molecule has 2 rings (SSSR count). The van der Waals surface area contributed by atoms with Crippen molar-refractivity contribution >= 4 is 17.4 Å². The van der Waals surface area contributed by atoms with Gasteiger partial charge in [0.1, 0.15) is 0 Å². The van der Waals surface area contributed by atoms with Crippen LogP contribution in [0.5, 0.6) is 0 Å². The van der Waals surface area contributed by atoms with Gasteiger partial charge in [0, 0.05) is 10.6 Å². The summed E-state index contributed by atoms with van der Waals surface area (Å²) in [6.07, 6.45) is 0. The summed E-state index contributed by atoms with van der Waals surface area (Å²) >= 11 is 1.68. The first-order chi connectivity index (χ1) is 7.65. The van der Waals surface area contributed by atoms with Crippen LogP contribution in [-0.2, 0) is 12.8 Å². The van der Waals surface area contributed by atoms with E-state index in [0.29, 0.717) is 0 Å². The molecule has 6 heteroatoms. The van der Waals surface area contributed by atoms with E-state index in [1.807, 2.05) is 19.1 Å². The molecule has 0 amide bonds. The molecule has 0 radical (unpaired) electrons. The van der Waals surface area contributed by atoms with Gasteiger partial charge in [-0.05, 0) is 35.9 Å². The number of hydrogen-bond donors (Lipinski definition) is 1. The average Bonchev–Trinajstić information content (AvgIpc) is 2.66. The summed E-state index contributed by atoms with van der Waals surface area (Å²) in [6, 6.07) is 5.99. The molecule has 0 aliphatic heterocycles. The van der Waals surface area contributed by atoms with Crippen LogP contribution in [-0.4, -0.2) is 20.2 Å². The Bertz CT molecular complexity index is 494. The molecule has 0 aliphatic carbocycles. The van der Waals surface area contributed by atoms with Crippen molar-refractivity contribution in [2.24, 2.45) is 7.05 Å². The molecule has 1 aromatic heterocycles. The normalized spacial score (nSPS) is 10.6. The number of thioether (sulfide) groups is 1. The van der Waals surface area contributed by atoms with Crippen LogP contribution < -0.4 is 5.73 Å². The van der Waals surface area contributed by atoms with Crippen molar-refractivity contribution in [1.29, 1.82) is 0 Å². The van der Waals surface area contributed by atoms with E-state index in [-0.39, 0.29) is 0 Å². The lowest BCUT2D eigenvalue weighted by Gasteiger charge is -2.03. The Hall–Kier alpha value is -1.56. The van der Waals surface area contributed by atoms with Gasteiger partial charge in [0.2, 0.25) is 0 Å². The van der Waals surface area contributed by atoms with Crippen LogP contribution in [0, 0.1) is 6.92 Å². The summed E-state index contributed by atoms with van der Waals surface area (Å²) in [4.78, 5) is 2.63. The van der Waals surface area contributed by atoms with Crippen LogP contribution in [0.4, 0.5) is 5.69 Å². The van der Waals surface area contributed by atoms with Gasteiger partial charge in [-0.15, -0.1) is 22.0 Å². The predicted octanol–water partition coefficient (Wildman–Crippen LogP) is 1.39. The third kappa shape index (κ3) is 2.52. The van der Waals surface area contributed by atoms with E-state index in [2.05, 4.69) is 21.5 Å². The predicted molar refractivity (Wildman–Crippen MR) is 64.0 cm³/mol. The number of nitrogens with two attached hydrogens (primary N) is 1. The summed E-state index contributed by atoms with van der Waals surface area (Å²) in [5.74, 6) is 1.46. The second-order valence-corrected chi connectivity index (χ2v) is 4.55. The zero-order valence-electron chi connectivity index (χ0n) is 9.21. The highest BCUT2D eigenvalue weighted by atomic mass is 32.2. The van der Waals surface area contributed by atoms with Gasteiger partial charge in [-0.1, -0.05) is 0 Å². The Morgan fingerprint density at radius 2 is 2.25 bits per heavy atom. The highest BCUT2D eigenvalue weighted by Crippen LogP contribution is 2.24. The number of tetrazole rings is 1. The Kier molecular flexibility index (Phi) is 3.09. The quantitative estimate of drug-likeness (QED) is 0.643. The number of aromatic nitrogens is 4. The minimum absolute atomic E-state index is 0.719. The first-order valence-corrected chi connectivity index (χ1v) is 5.85. The van der Waals surface area contributed by atoms with Crippen LogP contribution in [0.1, 0.15) is 11.4 Å². The van der Waals surface area contributed by atoms with Crippen molar-refractivity contribution in [3.05, 3.63) is 29.6 Å². The Morgan fingerprint density at radius 3 is 2.88 bits per heavy atom.